The van der Waals surface area contributed by atoms with Crippen molar-refractivity contribution in [3.05, 3.63) is 71.8 Å². The summed E-state index contributed by atoms with van der Waals surface area (Å²) in [5, 5.41) is 0. The van der Waals surface area contributed by atoms with Crippen LogP contribution in [0.25, 0.3) is 0 Å². The molecule has 2 aromatic rings. The molecule has 4 aliphatic carbocycles. The summed E-state index contributed by atoms with van der Waals surface area (Å²) in [7, 11) is -1.82. The number of rotatable bonds is 6. The van der Waals surface area contributed by atoms with Crippen molar-refractivity contribution in [3.8, 4) is 0 Å². The highest BCUT2D eigenvalue weighted by Crippen LogP contribution is 2.67. The molecule has 40 heavy (non-hydrogen) atoms. The van der Waals surface area contributed by atoms with E-state index in [0.717, 1.165) is 64.7 Å². The second-order valence-electron chi connectivity index (χ2n) is 15.9. The number of benzene rings is 2. The van der Waals surface area contributed by atoms with Crippen molar-refractivity contribution in [1.29, 1.82) is 0 Å². The summed E-state index contributed by atoms with van der Waals surface area (Å²) >= 11 is 0. The molecule has 0 saturated heterocycles. The van der Waals surface area contributed by atoms with E-state index in [4.69, 9.17) is 4.74 Å². The third kappa shape index (κ3) is 5.30. The van der Waals surface area contributed by atoms with Crippen molar-refractivity contribution in [3.63, 3.8) is 0 Å². The Kier molecular flexibility index (Phi) is 8.16. The minimum atomic E-state index is -1.82. The molecular formula is C38H56OSi. The van der Waals surface area contributed by atoms with Crippen LogP contribution in [-0.4, -0.2) is 19.9 Å². The maximum atomic E-state index is 6.96. The Morgan fingerprint density at radius 1 is 0.650 bits per heavy atom. The fourth-order valence-electron chi connectivity index (χ4n) is 11.5. The monoisotopic (exact) mass is 556 g/mol. The third-order valence-corrected chi connectivity index (χ3v) is 18.3. The smallest absolute Gasteiger partial charge is 0.0879 e. The van der Waals surface area contributed by atoms with Gasteiger partial charge in [0.05, 0.1) is 13.7 Å². The van der Waals surface area contributed by atoms with E-state index in [2.05, 4.69) is 102 Å². The molecule has 4 fully saturated rings. The van der Waals surface area contributed by atoms with E-state index in [0.29, 0.717) is 0 Å². The maximum Gasteiger partial charge on any atom is 0.0879 e. The Bertz CT molecular complexity index is 1030. The van der Waals surface area contributed by atoms with E-state index in [9.17, 15) is 0 Å². The van der Waals surface area contributed by atoms with Crippen LogP contribution in [0.4, 0.5) is 0 Å². The van der Waals surface area contributed by atoms with Crippen LogP contribution in [0.15, 0.2) is 60.7 Å². The van der Waals surface area contributed by atoms with Gasteiger partial charge in [0.1, 0.15) is 0 Å². The molecule has 218 valence electrons. The zero-order valence-corrected chi connectivity index (χ0v) is 27.3. The molecule has 0 heterocycles. The molecule has 6 rings (SSSR count). The largest absolute Gasteiger partial charge is 0.379 e. The molecule has 2 aromatic carbocycles. The second-order valence-corrected chi connectivity index (χ2v) is 20.6. The Balaban J connectivity index is 1.35. The van der Waals surface area contributed by atoms with E-state index in [1.54, 1.807) is 11.1 Å². The van der Waals surface area contributed by atoms with Crippen molar-refractivity contribution >= 4 is 8.07 Å². The zero-order chi connectivity index (χ0) is 28.1. The average Bonchev–Trinajstić information content (AvgIpc) is 3.48. The van der Waals surface area contributed by atoms with Crippen LogP contribution in [0, 0.1) is 35.5 Å². The Morgan fingerprint density at radius 2 is 1.07 bits per heavy atom. The molecule has 0 aliphatic heterocycles. The fraction of sp³-hybridized carbons (Fsp3) is 0.684. The quantitative estimate of drug-likeness (QED) is 0.322. The number of ether oxygens (including phenoxy) is 1. The summed E-state index contributed by atoms with van der Waals surface area (Å²) in [5.41, 5.74) is 4.97. The lowest BCUT2D eigenvalue weighted by atomic mass is 9.71. The van der Waals surface area contributed by atoms with Crippen molar-refractivity contribution in [2.75, 3.05) is 6.23 Å². The lowest BCUT2D eigenvalue weighted by Crippen LogP contribution is -2.54. The van der Waals surface area contributed by atoms with Gasteiger partial charge in [0, 0.05) is 6.23 Å². The van der Waals surface area contributed by atoms with Gasteiger partial charge in [0.15, 0.2) is 0 Å². The van der Waals surface area contributed by atoms with Gasteiger partial charge in [-0.2, -0.15) is 0 Å². The first-order chi connectivity index (χ1) is 19.2. The van der Waals surface area contributed by atoms with E-state index in [-0.39, 0.29) is 5.60 Å². The first kappa shape index (κ1) is 28.7. The van der Waals surface area contributed by atoms with Crippen LogP contribution in [0.2, 0.25) is 17.6 Å². The molecular weight excluding hydrogens is 501 g/mol. The lowest BCUT2D eigenvalue weighted by Gasteiger charge is -2.51. The van der Waals surface area contributed by atoms with Crippen LogP contribution in [0.3, 0.4) is 0 Å². The lowest BCUT2D eigenvalue weighted by molar-refractivity contribution is 0.0190. The van der Waals surface area contributed by atoms with E-state index >= 15 is 0 Å². The van der Waals surface area contributed by atoms with Gasteiger partial charge in [-0.25, -0.2) is 0 Å². The van der Waals surface area contributed by atoms with E-state index < -0.39 is 8.07 Å². The van der Waals surface area contributed by atoms with E-state index in [1.807, 2.05) is 0 Å². The molecule has 4 aliphatic rings. The van der Waals surface area contributed by atoms with Gasteiger partial charge in [-0.15, -0.1) is 0 Å². The Morgan fingerprint density at radius 3 is 1.48 bits per heavy atom. The number of hydrogen-bond acceptors (Lipinski definition) is 1. The van der Waals surface area contributed by atoms with Crippen LogP contribution >= 0.6 is 0 Å². The van der Waals surface area contributed by atoms with Gasteiger partial charge >= 0.3 is 0 Å². The van der Waals surface area contributed by atoms with Crippen LogP contribution in [0.1, 0.15) is 109 Å². The van der Waals surface area contributed by atoms with E-state index in [1.165, 1.54) is 51.4 Å². The predicted molar refractivity (Wildman–Crippen MR) is 172 cm³/mol. The summed E-state index contributed by atoms with van der Waals surface area (Å²) in [5.74, 6) is 6.73. The number of hydrogen-bond donors (Lipinski definition) is 0. The summed E-state index contributed by atoms with van der Waals surface area (Å²) < 4.78 is 6.96. The Labute approximate surface area is 246 Å². The molecule has 0 aromatic heterocycles. The summed E-state index contributed by atoms with van der Waals surface area (Å²) in [4.78, 5) is 0. The first-order valence-corrected chi connectivity index (χ1v) is 19.8. The predicted octanol–water partition coefficient (Wildman–Crippen LogP) is 10.6. The summed E-state index contributed by atoms with van der Waals surface area (Å²) in [6.45, 7) is 15.1. The van der Waals surface area contributed by atoms with Crippen molar-refractivity contribution < 1.29 is 4.74 Å². The summed E-state index contributed by atoms with van der Waals surface area (Å²) in [6, 6.07) is 23.2. The van der Waals surface area contributed by atoms with Gasteiger partial charge in [-0.1, -0.05) is 107 Å². The molecule has 1 nitrogen and oxygen atoms in total. The highest BCUT2D eigenvalue weighted by atomic mass is 28.3. The van der Waals surface area contributed by atoms with Gasteiger partial charge in [-0.05, 0) is 116 Å². The standard InChI is InChI=1S/C38H56OSi/c1-26-23-34-30(28-15-9-7-10-16-28)19-13-21-32(34)36(26)40(6,25-39-38(3,4)5)37-27(2)24-35-31(20-14-22-33(35)37)29-17-11-8-12-18-29/h7-12,15-18,26-27,30-37H,13-14,19-25H2,1-6H3. The van der Waals surface area contributed by atoms with Crippen molar-refractivity contribution in [2.45, 2.75) is 121 Å². The normalized spacial score (nSPS) is 39.4. The van der Waals surface area contributed by atoms with Crippen LogP contribution in [-0.2, 0) is 4.74 Å². The molecule has 0 amide bonds. The van der Waals surface area contributed by atoms with Gasteiger partial charge in [0.25, 0.3) is 0 Å². The van der Waals surface area contributed by atoms with Gasteiger partial charge < -0.3 is 4.74 Å². The highest BCUT2D eigenvalue weighted by Gasteiger charge is 2.61. The minimum Gasteiger partial charge on any atom is -0.379 e. The molecule has 0 spiro atoms. The van der Waals surface area contributed by atoms with Gasteiger partial charge in [0.2, 0.25) is 0 Å². The molecule has 0 radical (unpaired) electrons. The van der Waals surface area contributed by atoms with Crippen LogP contribution in [0.5, 0.6) is 0 Å². The molecule has 0 bridgehead atoms. The molecule has 10 atom stereocenters. The first-order valence-electron chi connectivity index (χ1n) is 16.9. The number of fused-ring (bicyclic) bond motifs is 2. The maximum absolute atomic E-state index is 6.96. The minimum absolute atomic E-state index is 0.0605. The fourth-order valence-corrected chi connectivity index (χ4v) is 18.7. The topological polar surface area (TPSA) is 9.23 Å². The SMILES string of the molecule is CC1CC2C(c3ccccc3)CCCC2C1[Si](C)(COC(C)(C)C)C1C(C)CC2C(c3ccccc3)CCCC21. The second kappa shape index (κ2) is 11.4. The van der Waals surface area contributed by atoms with Gasteiger partial charge in [-0.3, -0.25) is 0 Å². The molecule has 0 N–H and O–H groups in total. The molecule has 4 saturated carbocycles. The van der Waals surface area contributed by atoms with Crippen molar-refractivity contribution in [2.24, 2.45) is 35.5 Å². The van der Waals surface area contributed by atoms with Crippen molar-refractivity contribution in [1.82, 2.24) is 0 Å². The van der Waals surface area contributed by atoms with Crippen LogP contribution < -0.4 is 0 Å². The Hall–Kier alpha value is -1.38. The summed E-state index contributed by atoms with van der Waals surface area (Å²) in [6.07, 6.45) is 12.5. The highest BCUT2D eigenvalue weighted by molar-refractivity contribution is 6.81. The third-order valence-electron chi connectivity index (χ3n) is 12.5. The molecule has 2 heteroatoms. The molecule has 10 unspecified atom stereocenters. The average molecular weight is 557 g/mol. The zero-order valence-electron chi connectivity index (χ0n) is 26.3.